The molecule has 6 nitrogen and oxygen atoms in total. The standard InChI is InChI=1S/C8H9N5O/c1-5-2-7(13-12-5)11-8(14)6-3-9-10-4-6/h2-4H,1H3,(H,9,10)(H2,11,12,13,14). The quantitative estimate of drug-likeness (QED) is 0.652. The number of hydrogen-bond acceptors (Lipinski definition) is 3. The number of carbonyl (C=O) groups is 1. The van der Waals surface area contributed by atoms with Crippen molar-refractivity contribution in [3.05, 3.63) is 29.7 Å². The molecule has 2 heterocycles. The summed E-state index contributed by atoms with van der Waals surface area (Å²) in [6.45, 7) is 1.86. The van der Waals surface area contributed by atoms with Gasteiger partial charge in [-0.3, -0.25) is 15.0 Å². The molecule has 2 aromatic heterocycles. The Kier molecular flexibility index (Phi) is 2.02. The molecule has 0 aliphatic rings. The number of amides is 1. The first-order chi connectivity index (χ1) is 6.75. The van der Waals surface area contributed by atoms with Crippen LogP contribution in [0.2, 0.25) is 0 Å². The van der Waals surface area contributed by atoms with Gasteiger partial charge in [-0.05, 0) is 6.92 Å². The molecule has 72 valence electrons. The highest BCUT2D eigenvalue weighted by Gasteiger charge is 2.07. The molecule has 0 aliphatic carbocycles. The summed E-state index contributed by atoms with van der Waals surface area (Å²) in [6.07, 6.45) is 2.98. The topological polar surface area (TPSA) is 86.5 Å². The molecule has 14 heavy (non-hydrogen) atoms. The Balaban J connectivity index is 2.09. The van der Waals surface area contributed by atoms with Gasteiger partial charge in [-0.25, -0.2) is 0 Å². The van der Waals surface area contributed by atoms with E-state index >= 15 is 0 Å². The first-order valence-corrected chi connectivity index (χ1v) is 4.08. The van der Waals surface area contributed by atoms with E-state index in [0.29, 0.717) is 11.4 Å². The average Bonchev–Trinajstić information content (AvgIpc) is 2.75. The highest BCUT2D eigenvalue weighted by atomic mass is 16.1. The fraction of sp³-hybridized carbons (Fsp3) is 0.125. The van der Waals surface area contributed by atoms with Gasteiger partial charge in [-0.2, -0.15) is 10.2 Å². The predicted molar refractivity (Wildman–Crippen MR) is 49.9 cm³/mol. The van der Waals surface area contributed by atoms with Gasteiger partial charge in [0, 0.05) is 18.0 Å². The monoisotopic (exact) mass is 191 g/mol. The van der Waals surface area contributed by atoms with Crippen LogP contribution in [0.3, 0.4) is 0 Å². The molecular formula is C8H9N5O. The van der Waals surface area contributed by atoms with E-state index in [1.165, 1.54) is 12.4 Å². The van der Waals surface area contributed by atoms with Gasteiger partial charge in [0.25, 0.3) is 5.91 Å². The molecule has 2 aromatic rings. The highest BCUT2D eigenvalue weighted by molar-refractivity contribution is 6.03. The molecule has 0 atom stereocenters. The van der Waals surface area contributed by atoms with Gasteiger partial charge >= 0.3 is 0 Å². The second-order valence-electron chi connectivity index (χ2n) is 2.88. The van der Waals surface area contributed by atoms with Crippen molar-refractivity contribution < 1.29 is 4.79 Å². The number of nitrogens with one attached hydrogen (secondary N) is 3. The fourth-order valence-corrected chi connectivity index (χ4v) is 1.05. The minimum atomic E-state index is -0.231. The Morgan fingerprint density at radius 2 is 2.43 bits per heavy atom. The molecule has 0 bridgehead atoms. The van der Waals surface area contributed by atoms with Crippen LogP contribution >= 0.6 is 0 Å². The Bertz CT molecular complexity index is 430. The second kappa shape index (κ2) is 3.33. The maximum Gasteiger partial charge on any atom is 0.260 e. The largest absolute Gasteiger partial charge is 0.305 e. The Hall–Kier alpha value is -2.11. The van der Waals surface area contributed by atoms with E-state index in [0.717, 1.165) is 5.69 Å². The van der Waals surface area contributed by atoms with Gasteiger partial charge in [0.2, 0.25) is 0 Å². The van der Waals surface area contributed by atoms with Gasteiger partial charge in [0.1, 0.15) is 0 Å². The number of anilines is 1. The molecule has 0 aromatic carbocycles. The third kappa shape index (κ3) is 1.63. The SMILES string of the molecule is Cc1cc(NC(=O)c2cn[nH]c2)n[nH]1. The van der Waals surface area contributed by atoms with Crippen molar-refractivity contribution in [2.24, 2.45) is 0 Å². The van der Waals surface area contributed by atoms with E-state index < -0.39 is 0 Å². The molecule has 2 rings (SSSR count). The van der Waals surface area contributed by atoms with Crippen LogP contribution in [-0.4, -0.2) is 26.3 Å². The third-order valence-corrected chi connectivity index (χ3v) is 1.71. The lowest BCUT2D eigenvalue weighted by Crippen LogP contribution is -2.11. The first kappa shape index (κ1) is 8.49. The summed E-state index contributed by atoms with van der Waals surface area (Å²) in [5, 5.41) is 15.5. The third-order valence-electron chi connectivity index (χ3n) is 1.71. The number of aryl methyl sites for hydroxylation is 1. The van der Waals surface area contributed by atoms with Gasteiger partial charge in [0.15, 0.2) is 5.82 Å². The molecule has 0 radical (unpaired) electrons. The van der Waals surface area contributed by atoms with E-state index in [1.54, 1.807) is 6.07 Å². The minimum absolute atomic E-state index is 0.231. The molecule has 3 N–H and O–H groups in total. The van der Waals surface area contributed by atoms with Crippen molar-refractivity contribution in [3.8, 4) is 0 Å². The molecule has 1 amide bonds. The van der Waals surface area contributed by atoms with Crippen molar-refractivity contribution in [2.75, 3.05) is 5.32 Å². The van der Waals surface area contributed by atoms with E-state index in [-0.39, 0.29) is 5.91 Å². The number of nitrogens with zero attached hydrogens (tertiary/aromatic N) is 2. The molecule has 0 spiro atoms. The number of rotatable bonds is 2. The van der Waals surface area contributed by atoms with Crippen LogP contribution in [0.25, 0.3) is 0 Å². The van der Waals surface area contributed by atoms with Gasteiger partial charge < -0.3 is 5.32 Å². The van der Waals surface area contributed by atoms with Crippen LogP contribution in [0.5, 0.6) is 0 Å². The Morgan fingerprint density at radius 1 is 1.57 bits per heavy atom. The van der Waals surface area contributed by atoms with Crippen molar-refractivity contribution >= 4 is 11.7 Å². The summed E-state index contributed by atoms with van der Waals surface area (Å²) >= 11 is 0. The zero-order chi connectivity index (χ0) is 9.97. The molecule has 0 saturated carbocycles. The number of carbonyl (C=O) groups excluding carboxylic acids is 1. The molecule has 0 fully saturated rings. The normalized spacial score (nSPS) is 10.1. The molecule has 0 saturated heterocycles. The van der Waals surface area contributed by atoms with E-state index in [1.807, 2.05) is 6.92 Å². The second-order valence-corrected chi connectivity index (χ2v) is 2.88. The maximum absolute atomic E-state index is 11.5. The predicted octanol–water partition coefficient (Wildman–Crippen LogP) is 0.694. The van der Waals surface area contributed by atoms with E-state index in [2.05, 4.69) is 25.7 Å². The van der Waals surface area contributed by atoms with Crippen molar-refractivity contribution in [1.82, 2.24) is 20.4 Å². The van der Waals surface area contributed by atoms with Crippen LogP contribution in [-0.2, 0) is 0 Å². The van der Waals surface area contributed by atoms with Crippen molar-refractivity contribution in [3.63, 3.8) is 0 Å². The average molecular weight is 191 g/mol. The smallest absolute Gasteiger partial charge is 0.260 e. The number of aromatic amines is 2. The Morgan fingerprint density at radius 3 is 3.00 bits per heavy atom. The lowest BCUT2D eigenvalue weighted by molar-refractivity contribution is 0.102. The van der Waals surface area contributed by atoms with Crippen LogP contribution in [0.4, 0.5) is 5.82 Å². The molecular weight excluding hydrogens is 182 g/mol. The van der Waals surface area contributed by atoms with Crippen LogP contribution in [0.1, 0.15) is 16.1 Å². The highest BCUT2D eigenvalue weighted by Crippen LogP contribution is 2.05. The number of hydrogen-bond donors (Lipinski definition) is 3. The van der Waals surface area contributed by atoms with E-state index in [4.69, 9.17) is 0 Å². The summed E-state index contributed by atoms with van der Waals surface area (Å²) < 4.78 is 0. The maximum atomic E-state index is 11.5. The lowest BCUT2D eigenvalue weighted by Gasteiger charge is -1.96. The molecule has 0 aliphatic heterocycles. The summed E-state index contributed by atoms with van der Waals surface area (Å²) in [4.78, 5) is 11.5. The van der Waals surface area contributed by atoms with Crippen molar-refractivity contribution in [2.45, 2.75) is 6.92 Å². The minimum Gasteiger partial charge on any atom is -0.305 e. The summed E-state index contributed by atoms with van der Waals surface area (Å²) in [6, 6.07) is 1.75. The fourth-order valence-electron chi connectivity index (χ4n) is 1.05. The molecule has 0 unspecified atom stereocenters. The lowest BCUT2D eigenvalue weighted by atomic mass is 10.3. The zero-order valence-corrected chi connectivity index (χ0v) is 7.53. The number of H-pyrrole nitrogens is 2. The van der Waals surface area contributed by atoms with Gasteiger partial charge in [-0.15, -0.1) is 0 Å². The van der Waals surface area contributed by atoms with Gasteiger partial charge in [-0.1, -0.05) is 0 Å². The first-order valence-electron chi connectivity index (χ1n) is 4.08. The zero-order valence-electron chi connectivity index (χ0n) is 7.53. The van der Waals surface area contributed by atoms with Gasteiger partial charge in [0.05, 0.1) is 11.8 Å². The van der Waals surface area contributed by atoms with Crippen molar-refractivity contribution in [1.29, 1.82) is 0 Å². The van der Waals surface area contributed by atoms with Crippen LogP contribution < -0.4 is 5.32 Å². The summed E-state index contributed by atoms with van der Waals surface area (Å²) in [5.74, 6) is 0.277. The van der Waals surface area contributed by atoms with Crippen LogP contribution in [0, 0.1) is 6.92 Å². The number of aromatic nitrogens is 4. The van der Waals surface area contributed by atoms with E-state index in [9.17, 15) is 4.79 Å². The Labute approximate surface area is 79.7 Å². The summed E-state index contributed by atoms with van der Waals surface area (Å²) in [5.41, 5.74) is 1.37. The molecule has 6 heteroatoms. The summed E-state index contributed by atoms with van der Waals surface area (Å²) in [7, 11) is 0. The van der Waals surface area contributed by atoms with Crippen LogP contribution in [0.15, 0.2) is 18.5 Å².